The van der Waals surface area contributed by atoms with Crippen molar-refractivity contribution in [1.82, 2.24) is 10.2 Å². The molecule has 0 radical (unpaired) electrons. The van der Waals surface area contributed by atoms with Gasteiger partial charge in [-0.05, 0) is 56.9 Å². The Morgan fingerprint density at radius 2 is 2.10 bits per heavy atom. The maximum atomic E-state index is 13.5. The van der Waals surface area contributed by atoms with Crippen molar-refractivity contribution in [3.05, 3.63) is 62.8 Å². The third-order valence-corrected chi connectivity index (χ3v) is 8.24. The van der Waals surface area contributed by atoms with Gasteiger partial charge in [-0.1, -0.05) is 37.2 Å². The minimum atomic E-state index is -0.151. The Balaban J connectivity index is 1.52. The lowest BCUT2D eigenvalue weighted by molar-refractivity contribution is 0.282. The predicted octanol–water partition coefficient (Wildman–Crippen LogP) is 5.85. The van der Waals surface area contributed by atoms with Crippen LogP contribution < -0.4 is 5.32 Å². The Bertz CT molecular complexity index is 963. The normalized spacial score (nSPS) is 19.5. The van der Waals surface area contributed by atoms with Crippen molar-refractivity contribution < 1.29 is 4.39 Å². The second-order valence-electron chi connectivity index (χ2n) is 8.11. The highest BCUT2D eigenvalue weighted by Crippen LogP contribution is 2.41. The lowest BCUT2D eigenvalue weighted by Crippen LogP contribution is -2.53. The SMILES string of the molecule is CCCc1cc2c(s1)SC(C)=C(C)N=C2N1CCN[C@@H](CCc2cccc(F)c2)C1. The number of nitrogens with one attached hydrogen (secondary N) is 1. The van der Waals surface area contributed by atoms with E-state index in [-0.39, 0.29) is 5.82 Å². The van der Waals surface area contributed by atoms with Crippen molar-refractivity contribution in [2.24, 2.45) is 4.99 Å². The molecule has 1 N–H and O–H groups in total. The van der Waals surface area contributed by atoms with E-state index in [1.807, 2.05) is 29.2 Å². The largest absolute Gasteiger partial charge is 0.353 e. The molecule has 160 valence electrons. The van der Waals surface area contributed by atoms with Gasteiger partial charge in [0.1, 0.15) is 11.7 Å². The van der Waals surface area contributed by atoms with Gasteiger partial charge in [0.05, 0.1) is 4.21 Å². The minimum absolute atomic E-state index is 0.151. The molecule has 0 amide bonds. The van der Waals surface area contributed by atoms with Crippen LogP contribution in [0.1, 0.15) is 49.6 Å². The molecule has 4 rings (SSSR count). The van der Waals surface area contributed by atoms with E-state index >= 15 is 0 Å². The van der Waals surface area contributed by atoms with Crippen molar-refractivity contribution in [1.29, 1.82) is 0 Å². The molecule has 2 aromatic rings. The van der Waals surface area contributed by atoms with Gasteiger partial charge in [-0.3, -0.25) is 0 Å². The van der Waals surface area contributed by atoms with Gasteiger partial charge in [-0.15, -0.1) is 11.3 Å². The van der Waals surface area contributed by atoms with Crippen molar-refractivity contribution in [2.45, 2.75) is 56.7 Å². The number of nitrogens with zero attached hydrogens (tertiary/aromatic N) is 2. The highest BCUT2D eigenvalue weighted by atomic mass is 32.2. The third-order valence-electron chi connectivity index (χ3n) is 5.74. The zero-order valence-electron chi connectivity index (χ0n) is 18.0. The van der Waals surface area contributed by atoms with E-state index < -0.39 is 0 Å². The first kappa shape index (κ1) is 21.6. The molecule has 0 saturated carbocycles. The number of allylic oxidation sites excluding steroid dienone is 2. The van der Waals surface area contributed by atoms with Crippen LogP contribution in [0.4, 0.5) is 4.39 Å². The van der Waals surface area contributed by atoms with Crippen molar-refractivity contribution >= 4 is 28.9 Å². The molecule has 1 saturated heterocycles. The first-order valence-corrected chi connectivity index (χ1v) is 12.5. The van der Waals surface area contributed by atoms with E-state index in [0.717, 1.165) is 56.0 Å². The van der Waals surface area contributed by atoms with Gasteiger partial charge < -0.3 is 10.2 Å². The number of aryl methyl sites for hydroxylation is 2. The van der Waals surface area contributed by atoms with Gasteiger partial charge in [0.2, 0.25) is 0 Å². The molecule has 6 heteroatoms. The Hall–Kier alpha value is -1.63. The highest BCUT2D eigenvalue weighted by Gasteiger charge is 2.27. The summed E-state index contributed by atoms with van der Waals surface area (Å²) >= 11 is 3.80. The summed E-state index contributed by atoms with van der Waals surface area (Å²) in [6.45, 7) is 9.38. The third kappa shape index (κ3) is 4.98. The summed E-state index contributed by atoms with van der Waals surface area (Å²) in [6.07, 6.45) is 4.17. The molecule has 30 heavy (non-hydrogen) atoms. The molecule has 1 fully saturated rings. The van der Waals surface area contributed by atoms with Crippen molar-refractivity contribution in [3.63, 3.8) is 0 Å². The summed E-state index contributed by atoms with van der Waals surface area (Å²) in [7, 11) is 0. The van der Waals surface area contributed by atoms with Crippen LogP contribution in [0.2, 0.25) is 0 Å². The van der Waals surface area contributed by atoms with Crippen LogP contribution in [0.15, 0.2) is 50.1 Å². The number of piperazine rings is 1. The van der Waals surface area contributed by atoms with Gasteiger partial charge in [0, 0.05) is 46.7 Å². The molecular formula is C24H30FN3S2. The summed E-state index contributed by atoms with van der Waals surface area (Å²) in [5, 5.41) is 3.65. The Morgan fingerprint density at radius 1 is 1.23 bits per heavy atom. The van der Waals surface area contributed by atoms with Crippen LogP contribution in [0.25, 0.3) is 0 Å². The quantitative estimate of drug-likeness (QED) is 0.628. The topological polar surface area (TPSA) is 27.6 Å². The number of thiophene rings is 1. The Kier molecular flexibility index (Phi) is 6.96. The van der Waals surface area contributed by atoms with E-state index in [4.69, 9.17) is 4.99 Å². The van der Waals surface area contributed by atoms with Crippen LogP contribution in [-0.2, 0) is 12.8 Å². The smallest absolute Gasteiger partial charge is 0.138 e. The molecule has 1 aromatic carbocycles. The van der Waals surface area contributed by atoms with Crippen molar-refractivity contribution in [3.8, 4) is 0 Å². The van der Waals surface area contributed by atoms with Gasteiger partial charge in [-0.25, -0.2) is 9.38 Å². The summed E-state index contributed by atoms with van der Waals surface area (Å²) < 4.78 is 14.9. The van der Waals surface area contributed by atoms with Crippen LogP contribution in [0.3, 0.4) is 0 Å². The fourth-order valence-corrected chi connectivity index (χ4v) is 6.60. The second-order valence-corrected chi connectivity index (χ2v) is 10.7. The average Bonchev–Trinajstić information content (AvgIpc) is 3.07. The van der Waals surface area contributed by atoms with Crippen LogP contribution >= 0.6 is 23.1 Å². The molecule has 0 bridgehead atoms. The summed E-state index contributed by atoms with van der Waals surface area (Å²) in [4.78, 5) is 10.3. The van der Waals surface area contributed by atoms with Crippen LogP contribution in [0.5, 0.6) is 0 Å². The highest BCUT2D eigenvalue weighted by molar-refractivity contribution is 8.04. The van der Waals surface area contributed by atoms with Gasteiger partial charge in [-0.2, -0.15) is 0 Å². The molecule has 1 aromatic heterocycles. The molecule has 2 aliphatic rings. The summed E-state index contributed by atoms with van der Waals surface area (Å²) in [5.41, 5.74) is 3.48. The molecule has 0 aliphatic carbocycles. The van der Waals surface area contributed by atoms with Crippen LogP contribution in [-0.4, -0.2) is 36.4 Å². The number of thioether (sulfide) groups is 1. The summed E-state index contributed by atoms with van der Waals surface area (Å²) in [5.74, 6) is 0.976. The minimum Gasteiger partial charge on any atom is -0.353 e. The first-order chi connectivity index (χ1) is 14.5. The average molecular weight is 444 g/mol. The van der Waals surface area contributed by atoms with E-state index in [9.17, 15) is 4.39 Å². The standard InChI is InChI=1S/C24H30FN3S2/c1-4-6-21-14-22-23(27-16(2)17(3)29-24(22)30-21)28-12-11-26-20(15-28)10-9-18-7-5-8-19(25)13-18/h5,7-8,13-14,20,26H,4,6,9-12,15H2,1-3H3/t20-/m0/s1. The zero-order valence-corrected chi connectivity index (χ0v) is 19.6. The number of hydrogen-bond donors (Lipinski definition) is 1. The van der Waals surface area contributed by atoms with E-state index in [2.05, 4.69) is 37.1 Å². The maximum absolute atomic E-state index is 13.5. The van der Waals surface area contributed by atoms with Gasteiger partial charge in [0.25, 0.3) is 0 Å². The molecule has 3 heterocycles. The van der Waals surface area contributed by atoms with Gasteiger partial charge >= 0.3 is 0 Å². The number of halogens is 1. The Morgan fingerprint density at radius 3 is 2.90 bits per heavy atom. The van der Waals surface area contributed by atoms with E-state index in [1.165, 1.54) is 32.0 Å². The lowest BCUT2D eigenvalue weighted by atomic mass is 10.0. The fraction of sp³-hybridized carbons (Fsp3) is 0.458. The molecule has 3 nitrogen and oxygen atoms in total. The molecule has 1 atom stereocenters. The maximum Gasteiger partial charge on any atom is 0.138 e. The van der Waals surface area contributed by atoms with Crippen molar-refractivity contribution in [2.75, 3.05) is 19.6 Å². The molecule has 0 unspecified atom stereocenters. The number of fused-ring (bicyclic) bond motifs is 1. The predicted molar refractivity (Wildman–Crippen MR) is 127 cm³/mol. The molecule has 2 aliphatic heterocycles. The number of hydrogen-bond acceptors (Lipinski definition) is 5. The number of benzene rings is 1. The first-order valence-electron chi connectivity index (χ1n) is 10.8. The number of amidine groups is 1. The van der Waals surface area contributed by atoms with E-state index in [1.54, 1.807) is 12.1 Å². The zero-order chi connectivity index (χ0) is 21.1. The Labute approximate surface area is 187 Å². The number of rotatable bonds is 5. The van der Waals surface area contributed by atoms with E-state index in [0.29, 0.717) is 6.04 Å². The van der Waals surface area contributed by atoms with Gasteiger partial charge in [0.15, 0.2) is 0 Å². The summed E-state index contributed by atoms with van der Waals surface area (Å²) in [6, 6.07) is 9.72. The fourth-order valence-electron chi connectivity index (χ4n) is 4.02. The lowest BCUT2D eigenvalue weighted by Gasteiger charge is -2.36. The monoisotopic (exact) mass is 443 g/mol. The molecular weight excluding hydrogens is 413 g/mol. The number of aliphatic imine (C=N–C) groups is 1. The van der Waals surface area contributed by atoms with Crippen LogP contribution in [0, 0.1) is 5.82 Å². The second kappa shape index (κ2) is 9.67. The molecule has 0 spiro atoms.